The molecule has 0 aliphatic carbocycles. The minimum atomic E-state index is -0.0461. The van der Waals surface area contributed by atoms with Gasteiger partial charge in [-0.2, -0.15) is 5.10 Å². The standard InChI is InChI=1S/C29H32N6O2/c1-5-16-32(22(4)36)19-27-30-15-18-33(27)23-10-12-24(13-11-23)34-17-14-26-21(3)31-35(28(26)29(34)37)25-8-6-20(2)7-9-25/h6-13,15,18H,5,14,16-17,19H2,1-4H3. The SMILES string of the molecule is CCCN(Cc1nccn1-c1ccc(N2CCc3c(C)nn(-c4ccc(C)cc4)c3C2=O)cc1)C(C)=O. The molecule has 0 unspecified atom stereocenters. The number of carbonyl (C=O) groups excluding carboxylic acids is 2. The lowest BCUT2D eigenvalue weighted by atomic mass is 10.0. The van der Waals surface area contributed by atoms with E-state index in [1.54, 1.807) is 22.7 Å². The van der Waals surface area contributed by atoms with Crippen molar-refractivity contribution >= 4 is 17.5 Å². The van der Waals surface area contributed by atoms with E-state index in [9.17, 15) is 9.59 Å². The number of carbonyl (C=O) groups is 2. The van der Waals surface area contributed by atoms with Gasteiger partial charge in [0.15, 0.2) is 0 Å². The molecule has 2 amide bonds. The summed E-state index contributed by atoms with van der Waals surface area (Å²) in [5.41, 5.74) is 6.37. The molecule has 37 heavy (non-hydrogen) atoms. The Balaban J connectivity index is 1.41. The van der Waals surface area contributed by atoms with Crippen LogP contribution in [0, 0.1) is 13.8 Å². The number of benzene rings is 2. The Morgan fingerprint density at radius 2 is 1.68 bits per heavy atom. The second-order valence-corrected chi connectivity index (χ2v) is 9.54. The first-order valence-corrected chi connectivity index (χ1v) is 12.7. The maximum atomic E-state index is 13.7. The van der Waals surface area contributed by atoms with Gasteiger partial charge in [0.1, 0.15) is 11.5 Å². The minimum absolute atomic E-state index is 0.0369. The molecule has 0 spiro atoms. The topological polar surface area (TPSA) is 76.3 Å². The van der Waals surface area contributed by atoms with E-state index in [-0.39, 0.29) is 11.8 Å². The number of anilines is 1. The number of nitrogens with zero attached hydrogens (tertiary/aromatic N) is 6. The number of imidazole rings is 1. The smallest absolute Gasteiger partial charge is 0.277 e. The van der Waals surface area contributed by atoms with Crippen LogP contribution in [0.2, 0.25) is 0 Å². The van der Waals surface area contributed by atoms with Crippen LogP contribution in [-0.4, -0.2) is 49.1 Å². The molecule has 3 heterocycles. The molecule has 0 radical (unpaired) electrons. The maximum absolute atomic E-state index is 13.7. The summed E-state index contributed by atoms with van der Waals surface area (Å²) in [6.45, 7) is 9.41. The van der Waals surface area contributed by atoms with Gasteiger partial charge in [0.2, 0.25) is 5.91 Å². The minimum Gasteiger partial charge on any atom is -0.335 e. The zero-order valence-corrected chi connectivity index (χ0v) is 21.8. The Kier molecular flexibility index (Phi) is 6.65. The van der Waals surface area contributed by atoms with Crippen LogP contribution in [0.4, 0.5) is 5.69 Å². The molecular weight excluding hydrogens is 464 g/mol. The second-order valence-electron chi connectivity index (χ2n) is 9.54. The highest BCUT2D eigenvalue weighted by atomic mass is 16.2. The third-order valence-electron chi connectivity index (χ3n) is 6.92. The lowest BCUT2D eigenvalue weighted by Gasteiger charge is -2.28. The van der Waals surface area contributed by atoms with Gasteiger partial charge >= 0.3 is 0 Å². The highest BCUT2D eigenvalue weighted by molar-refractivity contribution is 6.07. The molecule has 0 atom stereocenters. The molecule has 0 saturated carbocycles. The summed E-state index contributed by atoms with van der Waals surface area (Å²) in [5, 5.41) is 4.71. The Morgan fingerprint density at radius 1 is 1.00 bits per heavy atom. The zero-order chi connectivity index (χ0) is 26.1. The van der Waals surface area contributed by atoms with Gasteiger partial charge in [-0.3, -0.25) is 9.59 Å². The summed E-state index contributed by atoms with van der Waals surface area (Å²) in [7, 11) is 0. The molecule has 1 aliphatic heterocycles. The normalized spacial score (nSPS) is 13.1. The number of rotatable bonds is 7. The number of hydrogen-bond acceptors (Lipinski definition) is 4. The van der Waals surface area contributed by atoms with E-state index in [4.69, 9.17) is 5.10 Å². The fourth-order valence-electron chi connectivity index (χ4n) is 4.92. The van der Waals surface area contributed by atoms with E-state index in [1.165, 1.54) is 0 Å². The van der Waals surface area contributed by atoms with Crippen molar-refractivity contribution in [2.24, 2.45) is 0 Å². The van der Waals surface area contributed by atoms with Crippen LogP contribution in [0.5, 0.6) is 0 Å². The predicted octanol–water partition coefficient (Wildman–Crippen LogP) is 4.64. The summed E-state index contributed by atoms with van der Waals surface area (Å²) in [6, 6.07) is 16.0. The number of hydrogen-bond donors (Lipinski definition) is 0. The van der Waals surface area contributed by atoms with Crippen molar-refractivity contribution < 1.29 is 9.59 Å². The van der Waals surface area contributed by atoms with Gasteiger partial charge < -0.3 is 14.4 Å². The van der Waals surface area contributed by atoms with Crippen molar-refractivity contribution in [3.05, 3.63) is 89.3 Å². The molecule has 2 aromatic carbocycles. The average Bonchev–Trinajstić information content (AvgIpc) is 3.49. The Labute approximate surface area is 217 Å². The van der Waals surface area contributed by atoms with Crippen molar-refractivity contribution in [2.45, 2.75) is 47.1 Å². The molecule has 0 bridgehead atoms. The number of aryl methyl sites for hydroxylation is 2. The van der Waals surface area contributed by atoms with Gasteiger partial charge in [0.05, 0.1) is 17.9 Å². The third-order valence-corrected chi connectivity index (χ3v) is 6.92. The van der Waals surface area contributed by atoms with Crippen molar-refractivity contribution in [2.75, 3.05) is 18.0 Å². The van der Waals surface area contributed by atoms with Crippen LogP contribution in [0.3, 0.4) is 0 Å². The maximum Gasteiger partial charge on any atom is 0.277 e. The van der Waals surface area contributed by atoms with E-state index in [0.29, 0.717) is 25.3 Å². The summed E-state index contributed by atoms with van der Waals surface area (Å²) >= 11 is 0. The second kappa shape index (κ2) is 10.0. The summed E-state index contributed by atoms with van der Waals surface area (Å²) in [6.07, 6.45) is 5.29. The van der Waals surface area contributed by atoms with Crippen LogP contribution < -0.4 is 4.90 Å². The van der Waals surface area contributed by atoms with Crippen LogP contribution in [0.15, 0.2) is 60.9 Å². The molecule has 1 aliphatic rings. The first-order valence-electron chi connectivity index (χ1n) is 12.7. The van der Waals surface area contributed by atoms with Gasteiger partial charge in [0, 0.05) is 49.3 Å². The molecule has 0 saturated heterocycles. The molecule has 8 nitrogen and oxygen atoms in total. The Hall–Kier alpha value is -4.20. The largest absolute Gasteiger partial charge is 0.335 e. The number of amides is 2. The molecule has 0 fully saturated rings. The molecule has 2 aromatic heterocycles. The van der Waals surface area contributed by atoms with Crippen molar-refractivity contribution in [3.8, 4) is 11.4 Å². The first kappa shape index (κ1) is 24.5. The highest BCUT2D eigenvalue weighted by Gasteiger charge is 2.32. The number of aromatic nitrogens is 4. The van der Waals surface area contributed by atoms with E-state index in [1.807, 2.05) is 78.0 Å². The highest BCUT2D eigenvalue weighted by Crippen LogP contribution is 2.29. The van der Waals surface area contributed by atoms with Crippen molar-refractivity contribution in [1.82, 2.24) is 24.2 Å². The lowest BCUT2D eigenvalue weighted by molar-refractivity contribution is -0.129. The molecular formula is C29H32N6O2. The Bertz CT molecular complexity index is 1430. The number of fused-ring (bicyclic) bond motifs is 1. The summed E-state index contributed by atoms with van der Waals surface area (Å²) in [5.74, 6) is 0.789. The predicted molar refractivity (Wildman–Crippen MR) is 143 cm³/mol. The van der Waals surface area contributed by atoms with E-state index in [2.05, 4.69) is 11.9 Å². The third kappa shape index (κ3) is 4.67. The van der Waals surface area contributed by atoms with Crippen LogP contribution >= 0.6 is 0 Å². The molecule has 190 valence electrons. The van der Waals surface area contributed by atoms with Gasteiger partial charge in [0.25, 0.3) is 5.91 Å². The van der Waals surface area contributed by atoms with E-state index < -0.39 is 0 Å². The van der Waals surface area contributed by atoms with Gasteiger partial charge in [-0.25, -0.2) is 9.67 Å². The van der Waals surface area contributed by atoms with Crippen LogP contribution in [0.1, 0.15) is 53.4 Å². The quantitative estimate of drug-likeness (QED) is 0.374. The fraction of sp³-hybridized carbons (Fsp3) is 0.310. The molecule has 8 heteroatoms. The van der Waals surface area contributed by atoms with Gasteiger partial charge in [-0.1, -0.05) is 24.6 Å². The molecule has 4 aromatic rings. The zero-order valence-electron chi connectivity index (χ0n) is 21.8. The Morgan fingerprint density at radius 3 is 2.35 bits per heavy atom. The van der Waals surface area contributed by atoms with Gasteiger partial charge in [-0.15, -0.1) is 0 Å². The monoisotopic (exact) mass is 496 g/mol. The fourth-order valence-corrected chi connectivity index (χ4v) is 4.92. The summed E-state index contributed by atoms with van der Waals surface area (Å²) in [4.78, 5) is 33.9. The molecule has 0 N–H and O–H groups in total. The van der Waals surface area contributed by atoms with Crippen LogP contribution in [-0.2, 0) is 17.8 Å². The summed E-state index contributed by atoms with van der Waals surface area (Å²) < 4.78 is 3.77. The van der Waals surface area contributed by atoms with E-state index in [0.717, 1.165) is 52.5 Å². The van der Waals surface area contributed by atoms with Gasteiger partial charge in [-0.05, 0) is 63.1 Å². The van der Waals surface area contributed by atoms with Crippen molar-refractivity contribution in [3.63, 3.8) is 0 Å². The van der Waals surface area contributed by atoms with Crippen molar-refractivity contribution in [1.29, 1.82) is 0 Å². The molecule has 5 rings (SSSR count). The first-order chi connectivity index (χ1) is 17.9. The van der Waals surface area contributed by atoms with E-state index >= 15 is 0 Å². The average molecular weight is 497 g/mol. The lowest BCUT2D eigenvalue weighted by Crippen LogP contribution is -2.38. The van der Waals surface area contributed by atoms with Crippen LogP contribution in [0.25, 0.3) is 11.4 Å².